The molecule has 160 valence electrons. The molecule has 2 aromatic rings. The average molecular weight is 410 g/mol. The summed E-state index contributed by atoms with van der Waals surface area (Å²) in [5.41, 5.74) is 2.17. The minimum atomic E-state index is -0.593. The number of hydrogen-bond acceptors (Lipinski definition) is 5. The average Bonchev–Trinajstić information content (AvgIpc) is 2.81. The molecule has 0 aliphatic carbocycles. The molecule has 1 fully saturated rings. The fourth-order valence-corrected chi connectivity index (χ4v) is 3.74. The van der Waals surface area contributed by atoms with E-state index >= 15 is 0 Å². The van der Waals surface area contributed by atoms with E-state index in [1.165, 1.54) is 0 Å². The van der Waals surface area contributed by atoms with Gasteiger partial charge < -0.3 is 15.5 Å². The Bertz CT molecular complexity index is 792. The fraction of sp³-hybridized carbons (Fsp3) is 0.435. The van der Waals surface area contributed by atoms with Crippen LogP contribution in [0.25, 0.3) is 0 Å². The zero-order chi connectivity index (χ0) is 21.2. The van der Waals surface area contributed by atoms with E-state index in [1.54, 1.807) is 6.20 Å². The third-order valence-electron chi connectivity index (χ3n) is 5.57. The first-order chi connectivity index (χ1) is 14.7. The van der Waals surface area contributed by atoms with Crippen molar-refractivity contribution in [2.45, 2.75) is 19.4 Å². The zero-order valence-electron chi connectivity index (χ0n) is 17.6. The Hall–Kier alpha value is -2.77. The summed E-state index contributed by atoms with van der Waals surface area (Å²) in [6, 6.07) is 13.8. The highest BCUT2D eigenvalue weighted by Crippen LogP contribution is 2.21. The van der Waals surface area contributed by atoms with Crippen molar-refractivity contribution in [1.82, 2.24) is 25.4 Å². The number of carbonyl (C=O) groups is 2. The van der Waals surface area contributed by atoms with Crippen LogP contribution in [-0.2, 0) is 16.0 Å². The molecule has 7 nitrogen and oxygen atoms in total. The summed E-state index contributed by atoms with van der Waals surface area (Å²) >= 11 is 0. The van der Waals surface area contributed by atoms with E-state index in [9.17, 15) is 9.59 Å². The number of likely N-dealkylation sites (N-methyl/N-ethyl adjacent to an activating group) is 1. The van der Waals surface area contributed by atoms with Crippen molar-refractivity contribution in [3.8, 4) is 0 Å². The maximum atomic E-state index is 12.3. The summed E-state index contributed by atoms with van der Waals surface area (Å²) in [5, 5.41) is 5.52. The molecule has 2 amide bonds. The van der Waals surface area contributed by atoms with E-state index in [0.717, 1.165) is 43.9 Å². The summed E-state index contributed by atoms with van der Waals surface area (Å²) in [7, 11) is 0. The molecule has 0 saturated carbocycles. The van der Waals surface area contributed by atoms with Gasteiger partial charge in [-0.15, -0.1) is 0 Å². The van der Waals surface area contributed by atoms with Crippen LogP contribution in [0.5, 0.6) is 0 Å². The molecule has 0 radical (unpaired) electrons. The third-order valence-corrected chi connectivity index (χ3v) is 5.57. The van der Waals surface area contributed by atoms with Crippen LogP contribution in [0.4, 0.5) is 0 Å². The van der Waals surface area contributed by atoms with Crippen LogP contribution in [0.2, 0.25) is 0 Å². The van der Waals surface area contributed by atoms with Gasteiger partial charge in [0.1, 0.15) is 0 Å². The van der Waals surface area contributed by atoms with Crippen molar-refractivity contribution in [2.24, 2.45) is 0 Å². The first-order valence-corrected chi connectivity index (χ1v) is 10.6. The smallest absolute Gasteiger partial charge is 0.309 e. The summed E-state index contributed by atoms with van der Waals surface area (Å²) in [6.45, 7) is 7.88. The Morgan fingerprint density at radius 2 is 1.73 bits per heavy atom. The normalized spacial score (nSPS) is 16.0. The molecule has 3 rings (SSSR count). The molecule has 2 N–H and O–H groups in total. The summed E-state index contributed by atoms with van der Waals surface area (Å²) in [4.78, 5) is 33.5. The number of benzene rings is 1. The van der Waals surface area contributed by atoms with Gasteiger partial charge in [0.05, 0.1) is 6.04 Å². The Balaban J connectivity index is 1.51. The topological polar surface area (TPSA) is 77.6 Å². The van der Waals surface area contributed by atoms with Gasteiger partial charge >= 0.3 is 11.8 Å². The number of carbonyl (C=O) groups excluding carboxylic acids is 2. The monoisotopic (exact) mass is 409 g/mol. The molecule has 7 heteroatoms. The number of nitrogens with zero attached hydrogens (tertiary/aromatic N) is 3. The van der Waals surface area contributed by atoms with Crippen LogP contribution in [0, 0.1) is 0 Å². The van der Waals surface area contributed by atoms with Gasteiger partial charge in [0.15, 0.2) is 0 Å². The SMILES string of the molecule is CCN1CCN(C(CNC(=O)C(=O)NCCc2ccccc2)c2cccnc2)CC1. The lowest BCUT2D eigenvalue weighted by atomic mass is 10.1. The second-order valence-corrected chi connectivity index (χ2v) is 7.47. The van der Waals surface area contributed by atoms with Crippen molar-refractivity contribution in [3.05, 3.63) is 66.0 Å². The Kier molecular flexibility index (Phi) is 8.35. The molecule has 1 saturated heterocycles. The maximum absolute atomic E-state index is 12.3. The van der Waals surface area contributed by atoms with Gasteiger partial charge in [0, 0.05) is 51.7 Å². The lowest BCUT2D eigenvalue weighted by Gasteiger charge is -2.39. The first kappa shape index (κ1) is 21.9. The molecule has 1 aliphatic rings. The Morgan fingerprint density at radius 1 is 1.00 bits per heavy atom. The molecular formula is C23H31N5O2. The van der Waals surface area contributed by atoms with E-state index in [1.807, 2.05) is 48.7 Å². The van der Waals surface area contributed by atoms with Crippen LogP contribution in [0.1, 0.15) is 24.1 Å². The number of amides is 2. The van der Waals surface area contributed by atoms with E-state index in [0.29, 0.717) is 19.5 Å². The van der Waals surface area contributed by atoms with E-state index in [-0.39, 0.29) is 6.04 Å². The molecule has 1 unspecified atom stereocenters. The molecule has 30 heavy (non-hydrogen) atoms. The second-order valence-electron chi connectivity index (χ2n) is 7.47. The number of rotatable bonds is 8. The van der Waals surface area contributed by atoms with Gasteiger partial charge in [-0.2, -0.15) is 0 Å². The Morgan fingerprint density at radius 3 is 2.40 bits per heavy atom. The van der Waals surface area contributed by atoms with E-state index in [4.69, 9.17) is 0 Å². The minimum absolute atomic E-state index is 0.00113. The van der Waals surface area contributed by atoms with Crippen molar-refractivity contribution < 1.29 is 9.59 Å². The molecule has 0 bridgehead atoms. The number of nitrogens with one attached hydrogen (secondary N) is 2. The highest BCUT2D eigenvalue weighted by Gasteiger charge is 2.26. The largest absolute Gasteiger partial charge is 0.348 e. The van der Waals surface area contributed by atoms with Crippen LogP contribution >= 0.6 is 0 Å². The van der Waals surface area contributed by atoms with Gasteiger partial charge in [0.2, 0.25) is 0 Å². The fourth-order valence-electron chi connectivity index (χ4n) is 3.74. The van der Waals surface area contributed by atoms with E-state index < -0.39 is 11.8 Å². The number of hydrogen-bond donors (Lipinski definition) is 2. The summed E-state index contributed by atoms with van der Waals surface area (Å²) < 4.78 is 0. The third kappa shape index (κ3) is 6.37. The first-order valence-electron chi connectivity index (χ1n) is 10.6. The number of aromatic nitrogens is 1. The maximum Gasteiger partial charge on any atom is 0.309 e. The van der Waals surface area contributed by atoms with Gasteiger partial charge in [-0.05, 0) is 30.2 Å². The molecule has 1 aromatic heterocycles. The highest BCUT2D eigenvalue weighted by atomic mass is 16.2. The lowest BCUT2D eigenvalue weighted by Crippen LogP contribution is -2.50. The number of piperazine rings is 1. The van der Waals surface area contributed by atoms with Gasteiger partial charge in [-0.3, -0.25) is 19.5 Å². The molecule has 0 spiro atoms. The zero-order valence-corrected chi connectivity index (χ0v) is 17.6. The molecule has 1 atom stereocenters. The second kappa shape index (κ2) is 11.4. The van der Waals surface area contributed by atoms with Crippen LogP contribution in [0.3, 0.4) is 0 Å². The lowest BCUT2D eigenvalue weighted by molar-refractivity contribution is -0.139. The molecular weight excluding hydrogens is 378 g/mol. The number of pyridine rings is 1. The van der Waals surface area contributed by atoms with E-state index in [2.05, 4.69) is 32.3 Å². The van der Waals surface area contributed by atoms with Crippen LogP contribution in [0.15, 0.2) is 54.9 Å². The highest BCUT2D eigenvalue weighted by molar-refractivity contribution is 6.35. The predicted molar refractivity (Wildman–Crippen MR) is 117 cm³/mol. The quantitative estimate of drug-likeness (QED) is 0.642. The molecule has 1 aromatic carbocycles. The van der Waals surface area contributed by atoms with Gasteiger partial charge in [0.25, 0.3) is 0 Å². The van der Waals surface area contributed by atoms with Gasteiger partial charge in [-0.1, -0.05) is 43.3 Å². The molecule has 2 heterocycles. The summed E-state index contributed by atoms with van der Waals surface area (Å²) in [6.07, 6.45) is 4.27. The van der Waals surface area contributed by atoms with Crippen molar-refractivity contribution >= 4 is 11.8 Å². The standard InChI is InChI=1S/C23H31N5O2/c1-2-27-13-15-28(16-14-27)21(20-9-6-11-24-17-20)18-26-23(30)22(29)25-12-10-19-7-4-3-5-8-19/h3-9,11,17,21H,2,10,12-16,18H2,1H3,(H,25,29)(H,26,30). The minimum Gasteiger partial charge on any atom is -0.348 e. The van der Waals surface area contributed by atoms with Crippen molar-refractivity contribution in [2.75, 3.05) is 45.8 Å². The van der Waals surface area contributed by atoms with Crippen molar-refractivity contribution in [1.29, 1.82) is 0 Å². The molecule has 1 aliphatic heterocycles. The Labute approximate surface area is 178 Å². The summed E-state index contributed by atoms with van der Waals surface area (Å²) in [5.74, 6) is -1.18. The van der Waals surface area contributed by atoms with Crippen molar-refractivity contribution in [3.63, 3.8) is 0 Å². The predicted octanol–water partition coefficient (Wildman–Crippen LogP) is 1.24. The van der Waals surface area contributed by atoms with Gasteiger partial charge in [-0.25, -0.2) is 0 Å². The van der Waals surface area contributed by atoms with Crippen LogP contribution in [-0.4, -0.2) is 72.4 Å². The van der Waals surface area contributed by atoms with Crippen LogP contribution < -0.4 is 10.6 Å².